The minimum atomic E-state index is 0.0395. The molecule has 0 aliphatic heterocycles. The zero-order valence-corrected chi connectivity index (χ0v) is 12.9. The number of aryl methyl sites for hydroxylation is 2. The van der Waals surface area contributed by atoms with Crippen LogP contribution < -0.4 is 0 Å². The van der Waals surface area contributed by atoms with Gasteiger partial charge in [0, 0.05) is 5.56 Å². The van der Waals surface area contributed by atoms with E-state index in [0.29, 0.717) is 10.3 Å². The van der Waals surface area contributed by atoms with Gasteiger partial charge < -0.3 is 14.0 Å². The molecule has 0 bridgehead atoms. The Bertz CT molecular complexity index is 923. The molecule has 0 saturated heterocycles. The van der Waals surface area contributed by atoms with Crippen molar-refractivity contribution in [2.24, 2.45) is 0 Å². The minimum absolute atomic E-state index is 0.0395. The van der Waals surface area contributed by atoms with Crippen molar-refractivity contribution in [3.63, 3.8) is 0 Å². The summed E-state index contributed by atoms with van der Waals surface area (Å²) in [6, 6.07) is 9.91. The first-order chi connectivity index (χ1) is 10.0. The van der Waals surface area contributed by atoms with E-state index in [9.17, 15) is 5.26 Å². The number of nitriles is 1. The van der Waals surface area contributed by atoms with Crippen molar-refractivity contribution in [1.82, 2.24) is 9.55 Å². The number of furan rings is 1. The van der Waals surface area contributed by atoms with Crippen LogP contribution in [-0.4, -0.2) is 9.55 Å². The second-order valence-corrected chi connectivity index (χ2v) is 5.54. The average molecular weight is 297 g/mol. The third-order valence-corrected chi connectivity index (χ3v) is 4.09. The fourth-order valence-corrected chi connectivity index (χ4v) is 3.19. The molecular weight excluding hydrogens is 282 g/mol. The van der Waals surface area contributed by atoms with Gasteiger partial charge in [-0.15, -0.1) is 0 Å². The highest BCUT2D eigenvalue weighted by atomic mass is 32.1. The Balaban J connectivity index is 2.26. The standard InChI is InChI=1S/C16H15N3OS/c1-9-7-13(11(3)20-9)10(2)19-14-6-4-5-12(8-17)15(14)18-16(19)21/h4-7,10H,1-3H3,(H,18,21). The summed E-state index contributed by atoms with van der Waals surface area (Å²) in [4.78, 5) is 3.15. The topological polar surface area (TPSA) is 57.6 Å². The molecule has 106 valence electrons. The van der Waals surface area contributed by atoms with Crippen LogP contribution in [0.15, 0.2) is 28.7 Å². The molecule has 2 heterocycles. The minimum Gasteiger partial charge on any atom is -0.466 e. The fraction of sp³-hybridized carbons (Fsp3) is 0.250. The predicted molar refractivity (Wildman–Crippen MR) is 83.8 cm³/mol. The third-order valence-electron chi connectivity index (χ3n) is 3.79. The van der Waals surface area contributed by atoms with Crippen molar-refractivity contribution in [1.29, 1.82) is 5.26 Å². The summed E-state index contributed by atoms with van der Waals surface area (Å²) >= 11 is 5.45. The zero-order valence-electron chi connectivity index (χ0n) is 12.1. The lowest BCUT2D eigenvalue weighted by Crippen LogP contribution is -2.07. The number of para-hydroxylation sites is 1. The van der Waals surface area contributed by atoms with Crippen LogP contribution in [0.5, 0.6) is 0 Å². The number of hydrogen-bond donors (Lipinski definition) is 1. The molecule has 1 N–H and O–H groups in total. The highest BCUT2D eigenvalue weighted by Crippen LogP contribution is 2.29. The molecule has 21 heavy (non-hydrogen) atoms. The van der Waals surface area contributed by atoms with Crippen molar-refractivity contribution in [2.45, 2.75) is 26.8 Å². The molecule has 3 rings (SSSR count). The SMILES string of the molecule is Cc1cc(C(C)n2c(=S)[nH]c3c(C#N)cccc32)c(C)o1. The molecular formula is C16H15N3OS. The van der Waals surface area contributed by atoms with Gasteiger partial charge in [-0.2, -0.15) is 5.26 Å². The molecule has 0 radical (unpaired) electrons. The number of H-pyrrole nitrogens is 1. The number of aromatic nitrogens is 2. The molecule has 0 aliphatic rings. The van der Waals surface area contributed by atoms with Gasteiger partial charge in [0.1, 0.15) is 17.6 Å². The van der Waals surface area contributed by atoms with E-state index in [1.165, 1.54) is 0 Å². The van der Waals surface area contributed by atoms with E-state index in [4.69, 9.17) is 16.6 Å². The molecule has 3 aromatic rings. The summed E-state index contributed by atoms with van der Waals surface area (Å²) in [5, 5.41) is 9.21. The molecule has 1 unspecified atom stereocenters. The molecule has 0 saturated carbocycles. The van der Waals surface area contributed by atoms with Gasteiger partial charge in [0.2, 0.25) is 0 Å². The first kappa shape index (κ1) is 13.7. The number of nitrogens with one attached hydrogen (secondary N) is 1. The van der Waals surface area contributed by atoms with Gasteiger partial charge in [-0.25, -0.2) is 0 Å². The Kier molecular flexibility index (Phi) is 3.19. The zero-order chi connectivity index (χ0) is 15.1. The summed E-state index contributed by atoms with van der Waals surface area (Å²) < 4.78 is 8.26. The first-order valence-electron chi connectivity index (χ1n) is 6.73. The van der Waals surface area contributed by atoms with Crippen LogP contribution in [0.3, 0.4) is 0 Å². The highest BCUT2D eigenvalue weighted by Gasteiger charge is 2.18. The molecule has 0 amide bonds. The number of benzene rings is 1. The van der Waals surface area contributed by atoms with E-state index >= 15 is 0 Å². The molecule has 2 aromatic heterocycles. The van der Waals surface area contributed by atoms with Crippen LogP contribution >= 0.6 is 12.2 Å². The van der Waals surface area contributed by atoms with Crippen LogP contribution in [0.2, 0.25) is 0 Å². The summed E-state index contributed by atoms with van der Waals surface area (Å²) in [6.45, 7) is 5.98. The van der Waals surface area contributed by atoms with E-state index < -0.39 is 0 Å². The van der Waals surface area contributed by atoms with E-state index in [1.54, 1.807) is 6.07 Å². The second-order valence-electron chi connectivity index (χ2n) is 5.16. The maximum Gasteiger partial charge on any atom is 0.178 e. The second kappa shape index (κ2) is 4.90. The molecule has 1 aromatic carbocycles. The fourth-order valence-electron chi connectivity index (χ4n) is 2.83. The van der Waals surface area contributed by atoms with Crippen molar-refractivity contribution < 1.29 is 4.42 Å². The lowest BCUT2D eigenvalue weighted by molar-refractivity contribution is 0.495. The largest absolute Gasteiger partial charge is 0.466 e. The Hall–Kier alpha value is -2.32. The van der Waals surface area contributed by atoms with Gasteiger partial charge in [-0.3, -0.25) is 0 Å². The van der Waals surface area contributed by atoms with Crippen molar-refractivity contribution in [2.75, 3.05) is 0 Å². The van der Waals surface area contributed by atoms with E-state index in [0.717, 1.165) is 28.1 Å². The number of nitrogens with zero attached hydrogens (tertiary/aromatic N) is 2. The molecule has 0 aliphatic carbocycles. The van der Waals surface area contributed by atoms with Gasteiger partial charge in [0.25, 0.3) is 0 Å². The summed E-state index contributed by atoms with van der Waals surface area (Å²) in [5.41, 5.74) is 3.43. The van der Waals surface area contributed by atoms with Crippen molar-refractivity contribution >= 4 is 23.3 Å². The van der Waals surface area contributed by atoms with Crippen molar-refractivity contribution in [3.05, 3.63) is 51.7 Å². The number of fused-ring (bicyclic) bond motifs is 1. The number of rotatable bonds is 2. The Morgan fingerprint density at radius 2 is 2.14 bits per heavy atom. The predicted octanol–water partition coefficient (Wildman–Crippen LogP) is 4.39. The van der Waals surface area contributed by atoms with Gasteiger partial charge in [-0.1, -0.05) is 6.07 Å². The Morgan fingerprint density at radius 3 is 2.76 bits per heavy atom. The number of hydrogen-bond acceptors (Lipinski definition) is 3. The van der Waals surface area contributed by atoms with Gasteiger partial charge in [-0.05, 0) is 51.2 Å². The molecule has 1 atom stereocenters. The number of imidazole rings is 1. The van der Waals surface area contributed by atoms with Crippen LogP contribution in [0.25, 0.3) is 11.0 Å². The van der Waals surface area contributed by atoms with Crippen LogP contribution in [-0.2, 0) is 0 Å². The van der Waals surface area contributed by atoms with Gasteiger partial charge >= 0.3 is 0 Å². The summed E-state index contributed by atoms with van der Waals surface area (Å²) in [6.07, 6.45) is 0. The highest BCUT2D eigenvalue weighted by molar-refractivity contribution is 7.71. The quantitative estimate of drug-likeness (QED) is 0.714. The lowest BCUT2D eigenvalue weighted by Gasteiger charge is -2.14. The smallest absolute Gasteiger partial charge is 0.178 e. The third kappa shape index (κ3) is 2.08. The number of aromatic amines is 1. The Morgan fingerprint density at radius 1 is 1.38 bits per heavy atom. The van der Waals surface area contributed by atoms with E-state index in [-0.39, 0.29) is 6.04 Å². The Labute approximate surface area is 127 Å². The monoisotopic (exact) mass is 297 g/mol. The first-order valence-corrected chi connectivity index (χ1v) is 7.14. The summed E-state index contributed by atoms with van der Waals surface area (Å²) in [7, 11) is 0. The molecule has 5 heteroatoms. The van der Waals surface area contributed by atoms with Crippen LogP contribution in [0.1, 0.15) is 35.6 Å². The lowest BCUT2D eigenvalue weighted by atomic mass is 10.1. The van der Waals surface area contributed by atoms with E-state index in [2.05, 4.69) is 18.0 Å². The van der Waals surface area contributed by atoms with Crippen LogP contribution in [0, 0.1) is 29.9 Å². The molecule has 0 spiro atoms. The molecule has 4 nitrogen and oxygen atoms in total. The normalized spacial score (nSPS) is 12.5. The van der Waals surface area contributed by atoms with E-state index in [1.807, 2.05) is 36.6 Å². The van der Waals surface area contributed by atoms with Gasteiger partial charge in [0.05, 0.1) is 22.6 Å². The summed E-state index contributed by atoms with van der Waals surface area (Å²) in [5.74, 6) is 1.78. The van der Waals surface area contributed by atoms with Crippen LogP contribution in [0.4, 0.5) is 0 Å². The maximum atomic E-state index is 9.21. The average Bonchev–Trinajstić information content (AvgIpc) is 2.96. The molecule has 0 fully saturated rings. The maximum absolute atomic E-state index is 9.21. The van der Waals surface area contributed by atoms with Crippen molar-refractivity contribution in [3.8, 4) is 6.07 Å². The van der Waals surface area contributed by atoms with Gasteiger partial charge in [0.15, 0.2) is 4.77 Å².